The number of primary amides is 1. The van der Waals surface area contributed by atoms with Crippen molar-refractivity contribution < 1.29 is 18.3 Å². The summed E-state index contributed by atoms with van der Waals surface area (Å²) in [6.07, 6.45) is 3.79. The van der Waals surface area contributed by atoms with E-state index >= 15 is 0 Å². The lowest BCUT2D eigenvalue weighted by molar-refractivity contribution is -0.125. The van der Waals surface area contributed by atoms with Gasteiger partial charge in [0.25, 0.3) is 0 Å². The van der Waals surface area contributed by atoms with Crippen molar-refractivity contribution in [2.75, 3.05) is 13.1 Å². The molecule has 1 amide bonds. The minimum Gasteiger partial charge on any atom is -0.378 e. The molecular formula is C21H22N2O4S2. The zero-order chi connectivity index (χ0) is 21.1. The summed E-state index contributed by atoms with van der Waals surface area (Å²) in [6.45, 7) is 0.330. The van der Waals surface area contributed by atoms with Crippen molar-refractivity contribution >= 4 is 27.5 Å². The SMILES string of the molecule is C#CCN1CCC(C(N)=O)(S(=O)(=O)c2ccc(Sc3ccccc3)cc2)CC1O. The molecule has 1 fully saturated rings. The van der Waals surface area contributed by atoms with Gasteiger partial charge in [-0.3, -0.25) is 9.69 Å². The van der Waals surface area contributed by atoms with Gasteiger partial charge in [0.15, 0.2) is 14.6 Å². The van der Waals surface area contributed by atoms with Crippen LogP contribution in [0.2, 0.25) is 0 Å². The largest absolute Gasteiger partial charge is 0.378 e. The molecule has 3 N–H and O–H groups in total. The number of sulfone groups is 1. The van der Waals surface area contributed by atoms with Crippen LogP contribution in [0.1, 0.15) is 12.8 Å². The summed E-state index contributed by atoms with van der Waals surface area (Å²) in [7, 11) is -4.11. The van der Waals surface area contributed by atoms with E-state index in [-0.39, 0.29) is 30.8 Å². The topological polar surface area (TPSA) is 101 Å². The zero-order valence-electron chi connectivity index (χ0n) is 15.7. The smallest absolute Gasteiger partial charge is 0.239 e. The second-order valence-electron chi connectivity index (χ2n) is 6.86. The number of amides is 1. The number of nitrogens with zero attached hydrogens (tertiary/aromatic N) is 1. The van der Waals surface area contributed by atoms with E-state index in [0.29, 0.717) is 0 Å². The van der Waals surface area contributed by atoms with Gasteiger partial charge in [-0.05, 0) is 42.8 Å². The van der Waals surface area contributed by atoms with E-state index in [1.54, 1.807) is 17.0 Å². The number of piperidine rings is 1. The molecular weight excluding hydrogens is 408 g/mol. The van der Waals surface area contributed by atoms with E-state index in [4.69, 9.17) is 12.2 Å². The molecule has 6 nitrogen and oxygen atoms in total. The van der Waals surface area contributed by atoms with Crippen molar-refractivity contribution in [2.24, 2.45) is 5.73 Å². The summed E-state index contributed by atoms with van der Waals surface area (Å²) in [4.78, 5) is 15.7. The quantitative estimate of drug-likeness (QED) is 0.679. The number of rotatable bonds is 6. The van der Waals surface area contributed by atoms with Crippen LogP contribution in [0.4, 0.5) is 0 Å². The van der Waals surface area contributed by atoms with Gasteiger partial charge in [-0.2, -0.15) is 0 Å². The molecule has 2 unspecified atom stereocenters. The minimum absolute atomic E-state index is 0.00584. The van der Waals surface area contributed by atoms with Crippen LogP contribution in [-0.2, 0) is 14.6 Å². The van der Waals surface area contributed by atoms with E-state index in [9.17, 15) is 18.3 Å². The third-order valence-electron chi connectivity index (χ3n) is 5.11. The van der Waals surface area contributed by atoms with Crippen LogP contribution in [0.3, 0.4) is 0 Å². The fourth-order valence-corrected chi connectivity index (χ4v) is 6.21. The van der Waals surface area contributed by atoms with Crippen molar-refractivity contribution in [2.45, 2.75) is 38.5 Å². The Labute approximate surface area is 175 Å². The van der Waals surface area contributed by atoms with Crippen molar-refractivity contribution in [3.8, 4) is 12.3 Å². The van der Waals surface area contributed by atoms with Crippen molar-refractivity contribution in [3.05, 3.63) is 54.6 Å². The van der Waals surface area contributed by atoms with Gasteiger partial charge in [0.2, 0.25) is 5.91 Å². The Morgan fingerprint density at radius 1 is 1.21 bits per heavy atom. The number of aliphatic hydroxyl groups is 1. The lowest BCUT2D eigenvalue weighted by atomic mass is 9.93. The van der Waals surface area contributed by atoms with Crippen LogP contribution in [0, 0.1) is 12.3 Å². The number of carbonyl (C=O) groups is 1. The Kier molecular flexibility index (Phi) is 6.34. The average molecular weight is 431 g/mol. The number of hydrogen-bond acceptors (Lipinski definition) is 6. The summed E-state index contributed by atoms with van der Waals surface area (Å²) in [5.41, 5.74) is 5.55. The Hall–Kier alpha value is -2.31. The summed E-state index contributed by atoms with van der Waals surface area (Å²) >= 11 is 1.50. The van der Waals surface area contributed by atoms with Gasteiger partial charge in [0, 0.05) is 22.8 Å². The highest BCUT2D eigenvalue weighted by Crippen LogP contribution is 2.38. The highest BCUT2D eigenvalue weighted by molar-refractivity contribution is 7.99. The molecule has 152 valence electrons. The van der Waals surface area contributed by atoms with Crippen molar-refractivity contribution in [1.82, 2.24) is 4.90 Å². The molecule has 1 aliphatic rings. The van der Waals surface area contributed by atoms with Gasteiger partial charge in [-0.1, -0.05) is 35.9 Å². The first-order valence-electron chi connectivity index (χ1n) is 9.03. The fraction of sp³-hybridized carbons (Fsp3) is 0.286. The summed E-state index contributed by atoms with van der Waals surface area (Å²) in [5.74, 6) is 1.46. The Balaban J connectivity index is 1.88. The van der Waals surface area contributed by atoms with Gasteiger partial charge >= 0.3 is 0 Å². The Bertz CT molecular complexity index is 1020. The molecule has 0 aromatic heterocycles. The average Bonchev–Trinajstić information content (AvgIpc) is 2.70. The number of carbonyl (C=O) groups excluding carboxylic acids is 1. The predicted octanol–water partition coefficient (Wildman–Crippen LogP) is 1.88. The van der Waals surface area contributed by atoms with Gasteiger partial charge in [-0.25, -0.2) is 8.42 Å². The van der Waals surface area contributed by atoms with Crippen molar-refractivity contribution in [1.29, 1.82) is 0 Å². The first kappa shape index (κ1) is 21.4. The Morgan fingerprint density at radius 2 is 1.83 bits per heavy atom. The van der Waals surface area contributed by atoms with Gasteiger partial charge in [0.05, 0.1) is 11.4 Å². The van der Waals surface area contributed by atoms with Crippen LogP contribution in [-0.4, -0.2) is 48.4 Å². The number of aliphatic hydroxyl groups excluding tert-OH is 1. The molecule has 2 aromatic carbocycles. The first-order valence-corrected chi connectivity index (χ1v) is 11.3. The molecule has 1 saturated heterocycles. The van der Waals surface area contributed by atoms with Crippen LogP contribution < -0.4 is 5.73 Å². The van der Waals surface area contributed by atoms with Gasteiger partial charge in [0.1, 0.15) is 6.23 Å². The standard InChI is InChI=1S/C21H22N2O4S2/c1-2-13-23-14-12-21(20(22)25,15-19(23)24)29(26,27)18-10-8-17(9-11-18)28-16-6-4-3-5-7-16/h1,3-11,19,24H,12-15H2,(H2,22,25). The van der Waals surface area contributed by atoms with E-state index in [0.717, 1.165) is 9.79 Å². The normalized spacial score (nSPS) is 22.7. The van der Waals surface area contributed by atoms with E-state index in [1.165, 1.54) is 23.9 Å². The molecule has 0 bridgehead atoms. The maximum Gasteiger partial charge on any atom is 0.239 e. The molecule has 2 aromatic rings. The van der Waals surface area contributed by atoms with Crippen LogP contribution in [0.25, 0.3) is 0 Å². The molecule has 3 rings (SSSR count). The highest BCUT2D eigenvalue weighted by atomic mass is 32.2. The number of nitrogens with two attached hydrogens (primary N) is 1. The molecule has 2 atom stereocenters. The summed E-state index contributed by atoms with van der Waals surface area (Å²) in [6, 6.07) is 16.0. The van der Waals surface area contributed by atoms with E-state index < -0.39 is 26.7 Å². The molecule has 0 saturated carbocycles. The number of hydrogen-bond donors (Lipinski definition) is 2. The van der Waals surface area contributed by atoms with E-state index in [1.807, 2.05) is 30.3 Å². The second-order valence-corrected chi connectivity index (χ2v) is 10.3. The third kappa shape index (κ3) is 4.19. The third-order valence-corrected chi connectivity index (χ3v) is 8.62. The molecule has 0 radical (unpaired) electrons. The molecule has 1 aliphatic heterocycles. The lowest BCUT2D eigenvalue weighted by Gasteiger charge is -2.41. The van der Waals surface area contributed by atoms with Crippen LogP contribution >= 0.6 is 11.8 Å². The number of benzene rings is 2. The number of terminal acetylenes is 1. The van der Waals surface area contributed by atoms with Crippen LogP contribution in [0.5, 0.6) is 0 Å². The zero-order valence-corrected chi connectivity index (χ0v) is 17.3. The highest BCUT2D eigenvalue weighted by Gasteiger charge is 2.54. The van der Waals surface area contributed by atoms with E-state index in [2.05, 4.69) is 5.92 Å². The molecule has 0 aliphatic carbocycles. The molecule has 1 heterocycles. The molecule has 8 heteroatoms. The van der Waals surface area contributed by atoms with Crippen molar-refractivity contribution in [3.63, 3.8) is 0 Å². The predicted molar refractivity (Wildman–Crippen MR) is 112 cm³/mol. The Morgan fingerprint density at radius 3 is 2.38 bits per heavy atom. The van der Waals surface area contributed by atoms with Crippen LogP contribution in [0.15, 0.2) is 69.3 Å². The summed E-state index contributed by atoms with van der Waals surface area (Å²) in [5, 5.41) is 10.4. The second kappa shape index (κ2) is 8.59. The van der Waals surface area contributed by atoms with Gasteiger partial charge < -0.3 is 10.8 Å². The maximum absolute atomic E-state index is 13.4. The van der Waals surface area contributed by atoms with Gasteiger partial charge in [-0.15, -0.1) is 6.42 Å². The number of likely N-dealkylation sites (tertiary alicyclic amines) is 1. The fourth-order valence-electron chi connectivity index (χ4n) is 3.44. The monoisotopic (exact) mass is 430 g/mol. The summed E-state index contributed by atoms with van der Waals surface area (Å²) < 4.78 is 24.8. The first-order chi connectivity index (χ1) is 13.8. The lowest BCUT2D eigenvalue weighted by Crippen LogP contribution is -2.60. The minimum atomic E-state index is -4.11. The molecule has 29 heavy (non-hydrogen) atoms. The molecule has 0 spiro atoms. The maximum atomic E-state index is 13.4.